The molecule has 1 aromatic rings. The van der Waals surface area contributed by atoms with E-state index in [0.29, 0.717) is 6.42 Å². The van der Waals surface area contributed by atoms with Gasteiger partial charge in [-0.3, -0.25) is 0 Å². The predicted octanol–water partition coefficient (Wildman–Crippen LogP) is 2.78. The van der Waals surface area contributed by atoms with Crippen molar-refractivity contribution in [3.8, 4) is 0 Å². The van der Waals surface area contributed by atoms with Crippen LogP contribution in [0.25, 0.3) is 0 Å². The van der Waals surface area contributed by atoms with Gasteiger partial charge in [-0.2, -0.15) is 13.2 Å². The second kappa shape index (κ2) is 5.32. The second-order valence-corrected chi connectivity index (χ2v) is 4.61. The minimum atomic E-state index is -4.30. The molecule has 1 heterocycles. The largest absolute Gasteiger partial charge is 0.411 e. The lowest BCUT2D eigenvalue weighted by Gasteiger charge is -2.09. The molecule has 1 unspecified atom stereocenters. The zero-order chi connectivity index (χ0) is 13.2. The molecule has 0 amide bonds. The molecule has 0 spiro atoms. The van der Waals surface area contributed by atoms with Gasteiger partial charge in [-0.1, -0.05) is 6.42 Å². The number of aliphatic hydroxyl groups is 1. The summed E-state index contributed by atoms with van der Waals surface area (Å²) in [6.45, 7) is -1.39. The van der Waals surface area contributed by atoms with Gasteiger partial charge in [-0.15, -0.1) is 0 Å². The van der Waals surface area contributed by atoms with E-state index >= 15 is 0 Å². The summed E-state index contributed by atoms with van der Waals surface area (Å²) in [5.74, 6) is 0. The van der Waals surface area contributed by atoms with Crippen LogP contribution >= 0.6 is 0 Å². The topological polar surface area (TPSA) is 34.4 Å². The molecule has 1 aromatic heterocycles. The maximum atomic E-state index is 11.9. The molecule has 0 saturated carbocycles. The Morgan fingerprint density at radius 2 is 2.11 bits per heavy atom. The Balaban J connectivity index is 1.97. The summed E-state index contributed by atoms with van der Waals surface area (Å²) in [5.41, 5.74) is 1.83. The maximum Gasteiger partial charge on any atom is 0.411 e. The smallest absolute Gasteiger partial charge is 0.388 e. The van der Waals surface area contributed by atoms with Crippen molar-refractivity contribution in [3.63, 3.8) is 0 Å². The molecular weight excluding hydrogens is 247 g/mol. The van der Waals surface area contributed by atoms with Gasteiger partial charge in [-0.25, -0.2) is 0 Å². The number of alkyl halides is 3. The number of rotatable bonds is 3. The molecule has 1 N–H and O–H groups in total. The van der Waals surface area contributed by atoms with Crippen LogP contribution in [0.1, 0.15) is 36.5 Å². The van der Waals surface area contributed by atoms with Crippen LogP contribution in [0.15, 0.2) is 12.4 Å². The molecule has 2 rings (SSSR count). The number of fused-ring (bicyclic) bond motifs is 1. The lowest BCUT2D eigenvalue weighted by Crippen LogP contribution is -2.18. The molecule has 0 fully saturated rings. The summed E-state index contributed by atoms with van der Waals surface area (Å²) in [4.78, 5) is 0. The van der Waals surface area contributed by atoms with Crippen LogP contribution in [-0.2, 0) is 17.9 Å². The molecule has 1 atom stereocenters. The van der Waals surface area contributed by atoms with E-state index in [1.807, 2.05) is 0 Å². The average molecular weight is 263 g/mol. The third kappa shape index (κ3) is 3.49. The van der Waals surface area contributed by atoms with Crippen LogP contribution in [0, 0.1) is 0 Å². The minimum Gasteiger partial charge on any atom is -0.388 e. The first-order valence-corrected chi connectivity index (χ1v) is 5.97. The van der Waals surface area contributed by atoms with E-state index in [-0.39, 0.29) is 6.73 Å². The van der Waals surface area contributed by atoms with Crippen LogP contribution in [0.4, 0.5) is 13.2 Å². The van der Waals surface area contributed by atoms with Crippen LogP contribution in [-0.4, -0.2) is 22.5 Å². The van der Waals surface area contributed by atoms with Gasteiger partial charge in [0, 0.05) is 18.0 Å². The number of nitrogens with zero attached hydrogens (tertiary/aromatic N) is 1. The standard InChI is InChI=1S/C12H16F3NO2/c13-12(14,15)7-18-8-16-5-9-3-1-2-4-11(17)10(9)6-16/h5-6,11,17H,1-4,7-8H2. The van der Waals surface area contributed by atoms with Crippen molar-refractivity contribution in [2.75, 3.05) is 6.61 Å². The van der Waals surface area contributed by atoms with Crippen molar-refractivity contribution in [1.29, 1.82) is 0 Å². The van der Waals surface area contributed by atoms with Crippen molar-refractivity contribution in [1.82, 2.24) is 4.57 Å². The molecular formula is C12H16F3NO2. The van der Waals surface area contributed by atoms with E-state index in [1.165, 1.54) is 0 Å². The van der Waals surface area contributed by atoms with Crippen LogP contribution in [0.2, 0.25) is 0 Å². The predicted molar refractivity (Wildman–Crippen MR) is 59.0 cm³/mol. The SMILES string of the molecule is OC1CCCCc2cn(COCC(F)(F)F)cc21. The maximum absolute atomic E-state index is 11.9. The van der Waals surface area contributed by atoms with Crippen molar-refractivity contribution >= 4 is 0 Å². The van der Waals surface area contributed by atoms with Crippen LogP contribution in [0.5, 0.6) is 0 Å². The third-order valence-electron chi connectivity index (χ3n) is 3.04. The summed E-state index contributed by atoms with van der Waals surface area (Å²) < 4.78 is 41.9. The molecule has 0 bridgehead atoms. The molecule has 3 nitrogen and oxygen atoms in total. The summed E-state index contributed by atoms with van der Waals surface area (Å²) in [5, 5.41) is 9.88. The first-order chi connectivity index (χ1) is 8.46. The number of halogens is 3. The van der Waals surface area contributed by atoms with Crippen LogP contribution < -0.4 is 0 Å². The highest BCUT2D eigenvalue weighted by atomic mass is 19.4. The molecule has 0 saturated heterocycles. The monoisotopic (exact) mass is 263 g/mol. The summed E-state index contributed by atoms with van der Waals surface area (Å²) in [7, 11) is 0. The van der Waals surface area contributed by atoms with Gasteiger partial charge in [0.05, 0.1) is 6.10 Å². The molecule has 0 aliphatic heterocycles. The normalized spacial score (nSPS) is 20.6. The Hall–Kier alpha value is -1.01. The first-order valence-electron chi connectivity index (χ1n) is 5.97. The summed E-state index contributed by atoms with van der Waals surface area (Å²) in [6, 6.07) is 0. The number of ether oxygens (including phenoxy) is 1. The molecule has 0 aromatic carbocycles. The van der Waals surface area contributed by atoms with Crippen molar-refractivity contribution in [2.45, 2.75) is 44.7 Å². The number of aliphatic hydroxyl groups excluding tert-OH is 1. The van der Waals surface area contributed by atoms with Crippen molar-refractivity contribution in [3.05, 3.63) is 23.5 Å². The molecule has 6 heteroatoms. The van der Waals surface area contributed by atoms with Gasteiger partial charge in [0.1, 0.15) is 13.3 Å². The van der Waals surface area contributed by atoms with Gasteiger partial charge >= 0.3 is 6.18 Å². The second-order valence-electron chi connectivity index (χ2n) is 4.61. The fourth-order valence-electron chi connectivity index (χ4n) is 2.23. The zero-order valence-electron chi connectivity index (χ0n) is 9.91. The number of hydrogen-bond acceptors (Lipinski definition) is 2. The quantitative estimate of drug-likeness (QED) is 0.851. The third-order valence-corrected chi connectivity index (χ3v) is 3.04. The number of hydrogen-bond donors (Lipinski definition) is 1. The number of aromatic nitrogens is 1. The summed E-state index contributed by atoms with van der Waals surface area (Å²) in [6.07, 6.45) is 2.18. The van der Waals surface area contributed by atoms with Crippen molar-refractivity contribution < 1.29 is 23.0 Å². The van der Waals surface area contributed by atoms with E-state index in [2.05, 4.69) is 4.74 Å². The molecule has 18 heavy (non-hydrogen) atoms. The van der Waals surface area contributed by atoms with E-state index < -0.39 is 18.9 Å². The van der Waals surface area contributed by atoms with Gasteiger partial charge in [0.25, 0.3) is 0 Å². The van der Waals surface area contributed by atoms with Gasteiger partial charge < -0.3 is 14.4 Å². The molecule has 1 aliphatic rings. The Labute approximate surface area is 103 Å². The Morgan fingerprint density at radius 1 is 1.33 bits per heavy atom. The lowest BCUT2D eigenvalue weighted by molar-refractivity contribution is -0.181. The van der Waals surface area contributed by atoms with Gasteiger partial charge in [-0.05, 0) is 24.8 Å². The van der Waals surface area contributed by atoms with E-state index in [1.54, 1.807) is 17.0 Å². The van der Waals surface area contributed by atoms with E-state index in [9.17, 15) is 18.3 Å². The van der Waals surface area contributed by atoms with E-state index in [4.69, 9.17) is 0 Å². The Bertz CT molecular complexity index is 401. The highest BCUT2D eigenvalue weighted by molar-refractivity contribution is 5.27. The Morgan fingerprint density at radius 3 is 2.83 bits per heavy atom. The summed E-state index contributed by atoms with van der Waals surface area (Å²) >= 11 is 0. The zero-order valence-corrected chi connectivity index (χ0v) is 9.91. The van der Waals surface area contributed by atoms with Crippen molar-refractivity contribution in [2.24, 2.45) is 0 Å². The molecule has 102 valence electrons. The Kier molecular flexibility index (Phi) is 3.97. The average Bonchev–Trinajstić information content (AvgIpc) is 2.58. The van der Waals surface area contributed by atoms with Crippen LogP contribution in [0.3, 0.4) is 0 Å². The lowest BCUT2D eigenvalue weighted by atomic mass is 10.1. The number of aryl methyl sites for hydroxylation is 1. The fraction of sp³-hybridized carbons (Fsp3) is 0.667. The molecule has 1 aliphatic carbocycles. The highest BCUT2D eigenvalue weighted by Gasteiger charge is 2.27. The van der Waals surface area contributed by atoms with E-state index in [0.717, 1.165) is 30.4 Å². The van der Waals surface area contributed by atoms with Gasteiger partial charge in [0.2, 0.25) is 0 Å². The minimum absolute atomic E-state index is 0.140. The fourth-order valence-corrected chi connectivity index (χ4v) is 2.23. The first kappa shape index (κ1) is 13.4. The molecule has 0 radical (unpaired) electrons. The van der Waals surface area contributed by atoms with Gasteiger partial charge in [0.15, 0.2) is 0 Å². The highest BCUT2D eigenvalue weighted by Crippen LogP contribution is 2.29.